The second-order valence-corrected chi connectivity index (χ2v) is 7.65. The van der Waals surface area contributed by atoms with Gasteiger partial charge in [0.25, 0.3) is 5.91 Å². The third-order valence-electron chi connectivity index (χ3n) is 3.07. The van der Waals surface area contributed by atoms with E-state index in [1.165, 1.54) is 9.13 Å². The summed E-state index contributed by atoms with van der Waals surface area (Å²) in [7, 11) is 0. The molecule has 0 unspecified atom stereocenters. The van der Waals surface area contributed by atoms with Gasteiger partial charge in [-0.1, -0.05) is 6.07 Å². The lowest BCUT2D eigenvalue weighted by molar-refractivity contribution is 0.0977. The highest BCUT2D eigenvalue weighted by Gasteiger charge is 2.10. The van der Waals surface area contributed by atoms with E-state index in [4.69, 9.17) is 12.2 Å². The van der Waals surface area contributed by atoms with Crippen molar-refractivity contribution in [2.45, 2.75) is 13.8 Å². The number of benzene rings is 2. The molecule has 0 atom stereocenters. The molecule has 2 aromatic carbocycles. The molecule has 0 saturated carbocycles. The van der Waals surface area contributed by atoms with Gasteiger partial charge in [-0.3, -0.25) is 10.1 Å². The van der Waals surface area contributed by atoms with E-state index in [1.807, 2.05) is 38.1 Å². The van der Waals surface area contributed by atoms with Crippen LogP contribution in [0.5, 0.6) is 0 Å². The van der Waals surface area contributed by atoms with Crippen molar-refractivity contribution in [1.82, 2.24) is 5.32 Å². The fraction of sp³-hybridized carbons (Fsp3) is 0.125. The van der Waals surface area contributed by atoms with Crippen LogP contribution in [0.4, 0.5) is 5.69 Å². The predicted octanol–water partition coefficient (Wildman–Crippen LogP) is 4.64. The van der Waals surface area contributed by atoms with Crippen LogP contribution < -0.4 is 10.6 Å². The molecule has 2 N–H and O–H groups in total. The van der Waals surface area contributed by atoms with Gasteiger partial charge in [-0.25, -0.2) is 0 Å². The van der Waals surface area contributed by atoms with Gasteiger partial charge in [-0.2, -0.15) is 0 Å². The number of hydrogen-bond donors (Lipinski definition) is 2. The molecule has 2 rings (SSSR count). The van der Waals surface area contributed by atoms with Crippen molar-refractivity contribution in [1.29, 1.82) is 0 Å². The van der Waals surface area contributed by atoms with Gasteiger partial charge in [0.1, 0.15) is 0 Å². The number of carbonyl (C=O) groups is 1. The summed E-state index contributed by atoms with van der Waals surface area (Å²) >= 11 is 9.71. The van der Waals surface area contributed by atoms with Crippen molar-refractivity contribution in [3.63, 3.8) is 0 Å². The molecule has 0 aliphatic rings. The summed E-state index contributed by atoms with van der Waals surface area (Å²) < 4.78 is 2.21. The Morgan fingerprint density at radius 1 is 1.09 bits per heavy atom. The summed E-state index contributed by atoms with van der Waals surface area (Å²) in [6.07, 6.45) is 0. The molecule has 0 aliphatic carbocycles. The van der Waals surface area contributed by atoms with Crippen molar-refractivity contribution in [3.05, 3.63) is 60.2 Å². The van der Waals surface area contributed by atoms with Crippen LogP contribution in [-0.4, -0.2) is 11.0 Å². The summed E-state index contributed by atoms with van der Waals surface area (Å²) in [6.45, 7) is 4.05. The van der Waals surface area contributed by atoms with Gasteiger partial charge in [0, 0.05) is 18.4 Å². The number of nitrogens with one attached hydrogen (secondary N) is 2. The molecule has 0 spiro atoms. The molecule has 3 nitrogen and oxygen atoms in total. The number of carbonyl (C=O) groups excluding carboxylic acids is 1. The zero-order valence-electron chi connectivity index (χ0n) is 12.0. The molecule has 0 fully saturated rings. The van der Waals surface area contributed by atoms with Crippen LogP contribution in [0.1, 0.15) is 21.5 Å². The number of thiocarbonyl (C=S) groups is 1. The minimum Gasteiger partial charge on any atom is -0.332 e. The van der Waals surface area contributed by atoms with Crippen molar-refractivity contribution >= 4 is 74.1 Å². The van der Waals surface area contributed by atoms with Gasteiger partial charge < -0.3 is 5.32 Å². The summed E-state index contributed by atoms with van der Waals surface area (Å²) in [5.41, 5.74) is 3.75. The van der Waals surface area contributed by atoms with Crippen LogP contribution in [0.2, 0.25) is 0 Å². The maximum atomic E-state index is 12.2. The van der Waals surface area contributed by atoms with Crippen molar-refractivity contribution < 1.29 is 4.79 Å². The van der Waals surface area contributed by atoms with Crippen molar-refractivity contribution in [2.75, 3.05) is 5.32 Å². The predicted molar refractivity (Wildman–Crippen MR) is 111 cm³/mol. The lowest BCUT2D eigenvalue weighted by Crippen LogP contribution is -2.34. The molecule has 22 heavy (non-hydrogen) atoms. The highest BCUT2D eigenvalue weighted by Crippen LogP contribution is 2.21. The average Bonchev–Trinajstić information content (AvgIpc) is 2.44. The van der Waals surface area contributed by atoms with Crippen LogP contribution in [0, 0.1) is 21.0 Å². The second kappa shape index (κ2) is 7.69. The first-order valence-corrected chi connectivity index (χ1v) is 9.08. The Bertz CT molecular complexity index is 747. The van der Waals surface area contributed by atoms with E-state index >= 15 is 0 Å². The molecule has 6 heteroatoms. The van der Waals surface area contributed by atoms with Gasteiger partial charge in [-0.05, 0) is 113 Å². The van der Waals surface area contributed by atoms with E-state index in [9.17, 15) is 4.79 Å². The van der Waals surface area contributed by atoms with Gasteiger partial charge in [0.05, 0.1) is 0 Å². The number of rotatable bonds is 2. The summed E-state index contributed by atoms with van der Waals surface area (Å²) in [6, 6.07) is 11.5. The number of amides is 1. The molecule has 0 radical (unpaired) electrons. The summed E-state index contributed by atoms with van der Waals surface area (Å²) in [5, 5.41) is 6.10. The van der Waals surface area contributed by atoms with Gasteiger partial charge in [0.15, 0.2) is 5.11 Å². The molecular formula is C16H14I2N2OS. The Hall–Kier alpha value is -0.740. The molecule has 0 heterocycles. The molecule has 2 aromatic rings. The minimum absolute atomic E-state index is 0.212. The molecule has 0 bridgehead atoms. The maximum Gasteiger partial charge on any atom is 0.257 e. The Morgan fingerprint density at radius 2 is 1.82 bits per heavy atom. The molecule has 114 valence electrons. The fourth-order valence-electron chi connectivity index (χ4n) is 1.87. The highest BCUT2D eigenvalue weighted by molar-refractivity contribution is 14.1. The third-order valence-corrected chi connectivity index (χ3v) is 5.11. The van der Waals surface area contributed by atoms with Crippen LogP contribution >= 0.6 is 57.4 Å². The maximum absolute atomic E-state index is 12.2. The van der Waals surface area contributed by atoms with E-state index in [0.29, 0.717) is 10.7 Å². The van der Waals surface area contributed by atoms with Crippen LogP contribution in [-0.2, 0) is 0 Å². The molecule has 0 saturated heterocycles. The zero-order valence-corrected chi connectivity index (χ0v) is 17.2. The normalized spacial score (nSPS) is 10.2. The number of halogens is 2. The summed E-state index contributed by atoms with van der Waals surface area (Å²) in [4.78, 5) is 12.2. The van der Waals surface area contributed by atoms with Gasteiger partial charge >= 0.3 is 0 Å². The second-order valence-electron chi connectivity index (χ2n) is 4.83. The first kappa shape index (κ1) is 17.6. The SMILES string of the molecule is Cc1cc(NC(=S)NC(=O)c2cccc(I)c2)c(C)cc1I. The number of aryl methyl sites for hydroxylation is 2. The highest BCUT2D eigenvalue weighted by atomic mass is 127. The van der Waals surface area contributed by atoms with Crippen molar-refractivity contribution in [3.8, 4) is 0 Å². The molecule has 0 aromatic heterocycles. The van der Waals surface area contributed by atoms with Gasteiger partial charge in [-0.15, -0.1) is 0 Å². The van der Waals surface area contributed by atoms with E-state index in [1.54, 1.807) is 6.07 Å². The Morgan fingerprint density at radius 3 is 2.50 bits per heavy atom. The lowest BCUT2D eigenvalue weighted by atomic mass is 10.1. The number of hydrogen-bond acceptors (Lipinski definition) is 2. The fourth-order valence-corrected chi connectivity index (χ4v) is 3.24. The van der Waals surface area contributed by atoms with E-state index < -0.39 is 0 Å². The lowest BCUT2D eigenvalue weighted by Gasteiger charge is -2.13. The Labute approximate surface area is 162 Å². The monoisotopic (exact) mass is 536 g/mol. The van der Waals surface area contributed by atoms with E-state index in [-0.39, 0.29) is 5.91 Å². The molecule has 0 aliphatic heterocycles. The Balaban J connectivity index is 2.07. The third kappa shape index (κ3) is 4.63. The first-order chi connectivity index (χ1) is 10.4. The minimum atomic E-state index is -0.212. The molecule has 1 amide bonds. The van der Waals surface area contributed by atoms with E-state index in [0.717, 1.165) is 14.8 Å². The van der Waals surface area contributed by atoms with E-state index in [2.05, 4.69) is 61.9 Å². The zero-order chi connectivity index (χ0) is 16.3. The van der Waals surface area contributed by atoms with Crippen LogP contribution in [0.15, 0.2) is 36.4 Å². The smallest absolute Gasteiger partial charge is 0.257 e. The summed E-state index contributed by atoms with van der Waals surface area (Å²) in [5.74, 6) is -0.212. The molecular weight excluding hydrogens is 522 g/mol. The quantitative estimate of drug-likeness (QED) is 0.435. The first-order valence-electron chi connectivity index (χ1n) is 6.51. The number of anilines is 1. The van der Waals surface area contributed by atoms with Crippen LogP contribution in [0.3, 0.4) is 0 Å². The average molecular weight is 536 g/mol. The van der Waals surface area contributed by atoms with Crippen LogP contribution in [0.25, 0.3) is 0 Å². The standard InChI is InChI=1S/C16H14I2N2OS/c1-9-7-14(10(2)6-13(9)18)19-16(22)20-15(21)11-4-3-5-12(17)8-11/h3-8H,1-2H3,(H2,19,20,21,22). The Kier molecular flexibility index (Phi) is 6.16. The topological polar surface area (TPSA) is 41.1 Å². The van der Waals surface area contributed by atoms with Gasteiger partial charge in [0.2, 0.25) is 0 Å². The largest absolute Gasteiger partial charge is 0.332 e. The van der Waals surface area contributed by atoms with Crippen molar-refractivity contribution in [2.24, 2.45) is 0 Å².